The summed E-state index contributed by atoms with van der Waals surface area (Å²) in [6.07, 6.45) is 5.31. The fraction of sp³-hybridized carbons (Fsp3) is 0.458. The van der Waals surface area contributed by atoms with Gasteiger partial charge in [0.05, 0.1) is 6.10 Å². The number of carbonyl (C=O) groups excluding carboxylic acids is 1. The number of hydrogen-bond acceptors (Lipinski definition) is 2. The molecule has 1 aliphatic carbocycles. The Bertz CT molecular complexity index is 728. The summed E-state index contributed by atoms with van der Waals surface area (Å²) in [5, 5.41) is 3.12. The number of nitrogens with one attached hydrogen (secondary N) is 1. The van der Waals surface area contributed by atoms with Crippen molar-refractivity contribution in [3.8, 4) is 16.9 Å². The van der Waals surface area contributed by atoms with Gasteiger partial charge in [0.1, 0.15) is 5.75 Å². The smallest absolute Gasteiger partial charge is 0.223 e. The van der Waals surface area contributed by atoms with E-state index in [9.17, 15) is 4.79 Å². The van der Waals surface area contributed by atoms with Crippen molar-refractivity contribution >= 4 is 5.91 Å². The molecule has 2 aromatic carbocycles. The van der Waals surface area contributed by atoms with Crippen LogP contribution < -0.4 is 10.1 Å². The summed E-state index contributed by atoms with van der Waals surface area (Å²) < 4.78 is 5.98. The maximum Gasteiger partial charge on any atom is 0.223 e. The number of amides is 1. The average molecular weight is 366 g/mol. The first kappa shape index (κ1) is 19.5. The van der Waals surface area contributed by atoms with E-state index in [-0.39, 0.29) is 24.0 Å². The zero-order chi connectivity index (χ0) is 19.2. The van der Waals surface area contributed by atoms with E-state index in [1.54, 1.807) is 0 Å². The van der Waals surface area contributed by atoms with Crippen LogP contribution in [0.3, 0.4) is 0 Å². The van der Waals surface area contributed by atoms with Gasteiger partial charge >= 0.3 is 0 Å². The Hall–Kier alpha value is -2.29. The fourth-order valence-corrected chi connectivity index (χ4v) is 3.32. The fourth-order valence-electron chi connectivity index (χ4n) is 3.32. The van der Waals surface area contributed by atoms with Crippen LogP contribution in [0, 0.1) is 5.92 Å². The van der Waals surface area contributed by atoms with Gasteiger partial charge in [-0.05, 0) is 67.9 Å². The number of carbonyl (C=O) groups is 1. The Morgan fingerprint density at radius 1 is 1.00 bits per heavy atom. The van der Waals surface area contributed by atoms with Gasteiger partial charge in [-0.15, -0.1) is 0 Å². The van der Waals surface area contributed by atoms with Crippen molar-refractivity contribution in [1.29, 1.82) is 0 Å². The lowest BCUT2D eigenvalue weighted by molar-refractivity contribution is -0.122. The highest BCUT2D eigenvalue weighted by molar-refractivity contribution is 5.81. The SMILES string of the molecule is CCC(CC)Oc1ccc(-c2ccc(CC(C)NC(=O)C3CC3)cc2)cc1. The third kappa shape index (κ3) is 5.59. The molecule has 1 atom stereocenters. The molecule has 0 heterocycles. The summed E-state index contributed by atoms with van der Waals surface area (Å²) >= 11 is 0. The van der Waals surface area contributed by atoms with Crippen LogP contribution in [0.1, 0.15) is 52.0 Å². The molecule has 1 saturated carbocycles. The summed E-state index contributed by atoms with van der Waals surface area (Å²) in [5.41, 5.74) is 3.63. The van der Waals surface area contributed by atoms with Crippen molar-refractivity contribution in [3.63, 3.8) is 0 Å². The third-order valence-corrected chi connectivity index (χ3v) is 5.23. The molecule has 3 heteroatoms. The van der Waals surface area contributed by atoms with Crippen molar-refractivity contribution in [3.05, 3.63) is 54.1 Å². The number of rotatable bonds is 9. The normalized spacial score (nSPS) is 14.8. The standard InChI is InChI=1S/C24H31NO2/c1-4-22(5-2)27-23-14-12-20(13-15-23)19-8-6-18(7-9-19)16-17(3)25-24(26)21-10-11-21/h6-9,12-15,17,21-22H,4-5,10-11,16H2,1-3H3,(H,25,26). The molecule has 1 aliphatic rings. The van der Waals surface area contributed by atoms with Crippen molar-refractivity contribution in [2.45, 2.75) is 65.0 Å². The number of benzene rings is 2. The van der Waals surface area contributed by atoms with Crippen LogP contribution in [0.5, 0.6) is 5.75 Å². The van der Waals surface area contributed by atoms with Gasteiger partial charge in [-0.1, -0.05) is 50.2 Å². The molecule has 0 spiro atoms. The highest BCUT2D eigenvalue weighted by Gasteiger charge is 2.30. The summed E-state index contributed by atoms with van der Waals surface area (Å²) in [4.78, 5) is 11.9. The molecule has 0 aromatic heterocycles. The van der Waals surface area contributed by atoms with Crippen LogP contribution in [0.15, 0.2) is 48.5 Å². The van der Waals surface area contributed by atoms with Gasteiger partial charge in [0.2, 0.25) is 5.91 Å². The molecule has 27 heavy (non-hydrogen) atoms. The van der Waals surface area contributed by atoms with Crippen molar-refractivity contribution in [2.75, 3.05) is 0 Å². The lowest BCUT2D eigenvalue weighted by atomic mass is 10.0. The van der Waals surface area contributed by atoms with Crippen LogP contribution in [0.4, 0.5) is 0 Å². The Labute approximate surface area is 163 Å². The van der Waals surface area contributed by atoms with E-state index in [1.165, 1.54) is 16.7 Å². The largest absolute Gasteiger partial charge is 0.490 e. The molecule has 0 radical (unpaired) electrons. The molecule has 0 bridgehead atoms. The molecule has 3 nitrogen and oxygen atoms in total. The van der Waals surface area contributed by atoms with Gasteiger partial charge in [0.25, 0.3) is 0 Å². The third-order valence-electron chi connectivity index (χ3n) is 5.23. The zero-order valence-corrected chi connectivity index (χ0v) is 16.7. The summed E-state index contributed by atoms with van der Waals surface area (Å²) in [6, 6.07) is 17.1. The maximum absolute atomic E-state index is 11.9. The Morgan fingerprint density at radius 2 is 1.56 bits per heavy atom. The number of hydrogen-bond donors (Lipinski definition) is 1. The Balaban J connectivity index is 1.57. The first-order valence-corrected chi connectivity index (χ1v) is 10.3. The monoisotopic (exact) mass is 365 g/mol. The zero-order valence-electron chi connectivity index (χ0n) is 16.7. The molecule has 0 saturated heterocycles. The molecule has 1 amide bonds. The molecular formula is C24H31NO2. The van der Waals surface area contributed by atoms with Gasteiger partial charge in [0.15, 0.2) is 0 Å². The van der Waals surface area contributed by atoms with E-state index < -0.39 is 0 Å². The molecule has 0 aliphatic heterocycles. The van der Waals surface area contributed by atoms with E-state index in [1.807, 2.05) is 0 Å². The highest BCUT2D eigenvalue weighted by Crippen LogP contribution is 2.29. The average Bonchev–Trinajstić information content (AvgIpc) is 3.52. The van der Waals surface area contributed by atoms with E-state index >= 15 is 0 Å². The minimum Gasteiger partial charge on any atom is -0.490 e. The van der Waals surface area contributed by atoms with Crippen LogP contribution in [0.25, 0.3) is 11.1 Å². The lowest BCUT2D eigenvalue weighted by Gasteiger charge is -2.16. The van der Waals surface area contributed by atoms with Crippen LogP contribution in [-0.4, -0.2) is 18.1 Å². The number of ether oxygens (including phenoxy) is 1. The van der Waals surface area contributed by atoms with Crippen LogP contribution >= 0.6 is 0 Å². The first-order valence-electron chi connectivity index (χ1n) is 10.3. The minimum absolute atomic E-state index is 0.172. The van der Waals surface area contributed by atoms with Crippen molar-refractivity contribution in [1.82, 2.24) is 5.32 Å². The quantitative estimate of drug-likeness (QED) is 0.648. The molecule has 1 fully saturated rings. The second kappa shape index (κ2) is 9.07. The van der Waals surface area contributed by atoms with Gasteiger partial charge in [-0.25, -0.2) is 0 Å². The van der Waals surface area contributed by atoms with Gasteiger partial charge in [-0.2, -0.15) is 0 Å². The predicted octanol–water partition coefficient (Wildman–Crippen LogP) is 5.38. The van der Waals surface area contributed by atoms with Crippen molar-refractivity contribution in [2.24, 2.45) is 5.92 Å². The van der Waals surface area contributed by atoms with E-state index in [0.29, 0.717) is 0 Å². The summed E-state index contributed by atoms with van der Waals surface area (Å²) in [7, 11) is 0. The molecule has 2 aromatic rings. The maximum atomic E-state index is 11.9. The minimum atomic E-state index is 0.172. The summed E-state index contributed by atoms with van der Waals surface area (Å²) in [6.45, 7) is 6.39. The topological polar surface area (TPSA) is 38.3 Å². The Morgan fingerprint density at radius 3 is 2.07 bits per heavy atom. The highest BCUT2D eigenvalue weighted by atomic mass is 16.5. The van der Waals surface area contributed by atoms with Crippen molar-refractivity contribution < 1.29 is 9.53 Å². The lowest BCUT2D eigenvalue weighted by Crippen LogP contribution is -2.35. The molecular weight excluding hydrogens is 334 g/mol. The molecule has 144 valence electrons. The molecule has 1 unspecified atom stereocenters. The van der Waals surface area contributed by atoms with E-state index in [4.69, 9.17) is 4.74 Å². The van der Waals surface area contributed by atoms with Crippen LogP contribution in [-0.2, 0) is 11.2 Å². The van der Waals surface area contributed by atoms with E-state index in [0.717, 1.165) is 37.9 Å². The van der Waals surface area contributed by atoms with E-state index in [2.05, 4.69) is 74.6 Å². The van der Waals surface area contributed by atoms with Gasteiger partial charge in [0, 0.05) is 12.0 Å². The predicted molar refractivity (Wildman–Crippen MR) is 111 cm³/mol. The second-order valence-corrected chi connectivity index (χ2v) is 7.67. The molecule has 1 N–H and O–H groups in total. The summed E-state index contributed by atoms with van der Waals surface area (Å²) in [5.74, 6) is 1.42. The second-order valence-electron chi connectivity index (χ2n) is 7.67. The van der Waals surface area contributed by atoms with Gasteiger partial charge in [-0.3, -0.25) is 4.79 Å². The van der Waals surface area contributed by atoms with Crippen LogP contribution in [0.2, 0.25) is 0 Å². The first-order chi connectivity index (χ1) is 13.1. The Kier molecular flexibility index (Phi) is 6.54. The van der Waals surface area contributed by atoms with Gasteiger partial charge < -0.3 is 10.1 Å². The molecule has 3 rings (SSSR count).